The van der Waals surface area contributed by atoms with Crippen molar-refractivity contribution >= 4 is 34.2 Å². The van der Waals surface area contributed by atoms with Gasteiger partial charge in [-0.25, -0.2) is 9.97 Å². The third-order valence-electron chi connectivity index (χ3n) is 4.82. The first kappa shape index (κ1) is 16.8. The number of carbonyl (C=O) groups excluding carboxylic acids is 1. The van der Waals surface area contributed by atoms with Crippen LogP contribution in [0.15, 0.2) is 54.2 Å². The Labute approximate surface area is 165 Å². The van der Waals surface area contributed by atoms with Crippen LogP contribution in [0.1, 0.15) is 9.67 Å². The summed E-state index contributed by atoms with van der Waals surface area (Å²) in [5, 5.41) is 10.5. The maximum atomic E-state index is 12.5. The number of benzene rings is 1. The Morgan fingerprint density at radius 3 is 2.54 bits per heavy atom. The van der Waals surface area contributed by atoms with Crippen molar-refractivity contribution in [3.05, 3.63) is 59.0 Å². The molecule has 0 bridgehead atoms. The molecular weight excluding hydrogens is 374 g/mol. The lowest BCUT2D eigenvalue weighted by atomic mass is 10.2. The second kappa shape index (κ2) is 7.01. The zero-order valence-electron chi connectivity index (χ0n) is 15.0. The molecule has 0 atom stereocenters. The molecule has 8 nitrogen and oxygen atoms in total. The molecule has 1 amide bonds. The lowest BCUT2D eigenvalue weighted by Crippen LogP contribution is -2.49. The number of piperazine rings is 1. The highest BCUT2D eigenvalue weighted by Crippen LogP contribution is 2.24. The lowest BCUT2D eigenvalue weighted by Gasteiger charge is -2.35. The Kier molecular flexibility index (Phi) is 4.21. The quantitative estimate of drug-likeness (QED) is 0.533. The first-order valence-corrected chi connectivity index (χ1v) is 9.89. The number of thiophene rings is 1. The first-order chi connectivity index (χ1) is 13.8. The molecule has 0 unspecified atom stereocenters. The molecule has 1 aromatic carbocycles. The summed E-state index contributed by atoms with van der Waals surface area (Å²) in [4.78, 5) is 26.2. The molecule has 140 valence electrons. The maximum Gasteiger partial charge on any atom is 0.264 e. The molecule has 1 saturated heterocycles. The first-order valence-electron chi connectivity index (χ1n) is 9.01. The van der Waals surface area contributed by atoms with Crippen molar-refractivity contribution in [3.8, 4) is 5.69 Å². The van der Waals surface area contributed by atoms with E-state index in [2.05, 4.69) is 25.2 Å². The fourth-order valence-electron chi connectivity index (χ4n) is 3.39. The third kappa shape index (κ3) is 2.89. The second-order valence-electron chi connectivity index (χ2n) is 6.46. The van der Waals surface area contributed by atoms with Crippen LogP contribution in [0, 0.1) is 0 Å². The predicted octanol–water partition coefficient (Wildman–Crippen LogP) is 2.23. The van der Waals surface area contributed by atoms with Crippen molar-refractivity contribution in [2.45, 2.75) is 0 Å². The minimum atomic E-state index is 0.0949. The van der Waals surface area contributed by atoms with Gasteiger partial charge in [-0.3, -0.25) is 4.79 Å². The van der Waals surface area contributed by atoms with Gasteiger partial charge in [-0.05, 0) is 23.6 Å². The van der Waals surface area contributed by atoms with Gasteiger partial charge in [0.1, 0.15) is 6.33 Å². The van der Waals surface area contributed by atoms with E-state index < -0.39 is 0 Å². The molecule has 0 radical (unpaired) electrons. The number of carbonyl (C=O) groups is 1. The van der Waals surface area contributed by atoms with Gasteiger partial charge in [0.2, 0.25) is 0 Å². The minimum Gasteiger partial charge on any atom is -0.351 e. The van der Waals surface area contributed by atoms with Crippen molar-refractivity contribution in [1.29, 1.82) is 0 Å². The fourth-order valence-corrected chi connectivity index (χ4v) is 4.08. The average Bonchev–Trinajstić information content (AvgIpc) is 3.44. The zero-order valence-corrected chi connectivity index (χ0v) is 15.8. The SMILES string of the molecule is O=C(c1cccs1)N1CCN(c2ncnc3c2nnn3-c2ccccc2)CC1. The number of fused-ring (bicyclic) bond motifs is 1. The van der Waals surface area contributed by atoms with Crippen LogP contribution in [0.25, 0.3) is 16.9 Å². The van der Waals surface area contributed by atoms with Crippen LogP contribution in [-0.4, -0.2) is 61.9 Å². The van der Waals surface area contributed by atoms with Gasteiger partial charge in [0.05, 0.1) is 10.6 Å². The second-order valence-corrected chi connectivity index (χ2v) is 7.41. The molecule has 0 saturated carbocycles. The molecule has 3 aromatic heterocycles. The van der Waals surface area contributed by atoms with Crippen LogP contribution in [0.4, 0.5) is 5.82 Å². The van der Waals surface area contributed by atoms with Gasteiger partial charge in [0, 0.05) is 26.2 Å². The van der Waals surface area contributed by atoms with E-state index in [1.54, 1.807) is 11.0 Å². The summed E-state index contributed by atoms with van der Waals surface area (Å²) in [5.41, 5.74) is 2.25. The molecule has 0 aliphatic carbocycles. The Morgan fingerprint density at radius 1 is 0.964 bits per heavy atom. The van der Waals surface area contributed by atoms with Gasteiger partial charge in [-0.1, -0.05) is 29.5 Å². The van der Waals surface area contributed by atoms with E-state index >= 15 is 0 Å². The van der Waals surface area contributed by atoms with Gasteiger partial charge in [0.25, 0.3) is 5.91 Å². The van der Waals surface area contributed by atoms with Gasteiger partial charge < -0.3 is 9.80 Å². The number of nitrogens with zero attached hydrogens (tertiary/aromatic N) is 7. The van der Waals surface area contributed by atoms with Crippen LogP contribution < -0.4 is 4.90 Å². The summed E-state index contributed by atoms with van der Waals surface area (Å²) in [6.45, 7) is 2.69. The van der Waals surface area contributed by atoms with Gasteiger partial charge in [0.15, 0.2) is 17.0 Å². The normalized spacial score (nSPS) is 14.6. The van der Waals surface area contributed by atoms with Crippen LogP contribution in [-0.2, 0) is 0 Å². The Bertz CT molecular complexity index is 1100. The number of amides is 1. The standard InChI is InChI=1S/C19H17N7OS/c27-19(15-7-4-12-28-15)25-10-8-24(9-11-25)17-16-18(21-13-20-17)26(23-22-16)14-5-2-1-3-6-14/h1-7,12-13H,8-11H2. The van der Waals surface area contributed by atoms with E-state index in [1.165, 1.54) is 11.3 Å². The monoisotopic (exact) mass is 391 g/mol. The summed E-state index contributed by atoms with van der Waals surface area (Å²) >= 11 is 1.48. The lowest BCUT2D eigenvalue weighted by molar-refractivity contribution is 0.0751. The third-order valence-corrected chi connectivity index (χ3v) is 5.68. The Morgan fingerprint density at radius 2 is 1.79 bits per heavy atom. The molecule has 4 heterocycles. The van der Waals surface area contributed by atoms with Gasteiger partial charge in [-0.15, -0.1) is 16.4 Å². The summed E-state index contributed by atoms with van der Waals surface area (Å²) in [6, 6.07) is 13.6. The number of para-hydroxylation sites is 1. The summed E-state index contributed by atoms with van der Waals surface area (Å²) in [7, 11) is 0. The predicted molar refractivity (Wildman–Crippen MR) is 107 cm³/mol. The van der Waals surface area contributed by atoms with Crippen molar-refractivity contribution < 1.29 is 4.79 Å². The zero-order chi connectivity index (χ0) is 18.9. The van der Waals surface area contributed by atoms with Crippen LogP contribution in [0.5, 0.6) is 0 Å². The van der Waals surface area contributed by atoms with Crippen molar-refractivity contribution in [2.75, 3.05) is 31.1 Å². The van der Waals surface area contributed by atoms with E-state index in [1.807, 2.05) is 52.7 Å². The molecule has 0 N–H and O–H groups in total. The van der Waals surface area contributed by atoms with Crippen molar-refractivity contribution in [1.82, 2.24) is 29.9 Å². The summed E-state index contributed by atoms with van der Waals surface area (Å²) in [6.07, 6.45) is 1.55. The molecule has 1 aliphatic heterocycles. The topological polar surface area (TPSA) is 80.0 Å². The molecule has 0 spiro atoms. The molecule has 28 heavy (non-hydrogen) atoms. The molecule has 5 rings (SSSR count). The highest BCUT2D eigenvalue weighted by Gasteiger charge is 2.25. The average molecular weight is 391 g/mol. The molecular formula is C19H17N7OS. The Hall–Kier alpha value is -3.33. The number of rotatable bonds is 3. The van der Waals surface area contributed by atoms with Crippen LogP contribution in [0.2, 0.25) is 0 Å². The number of anilines is 1. The highest BCUT2D eigenvalue weighted by molar-refractivity contribution is 7.12. The van der Waals surface area contributed by atoms with Gasteiger partial charge >= 0.3 is 0 Å². The minimum absolute atomic E-state index is 0.0949. The highest BCUT2D eigenvalue weighted by atomic mass is 32.1. The van der Waals surface area contributed by atoms with E-state index in [-0.39, 0.29) is 5.91 Å². The fraction of sp³-hybridized carbons (Fsp3) is 0.211. The summed E-state index contributed by atoms with van der Waals surface area (Å²) in [5.74, 6) is 0.855. The van der Waals surface area contributed by atoms with E-state index in [0.29, 0.717) is 37.3 Å². The van der Waals surface area contributed by atoms with E-state index in [4.69, 9.17) is 0 Å². The van der Waals surface area contributed by atoms with E-state index in [9.17, 15) is 4.79 Å². The number of aromatic nitrogens is 5. The molecule has 4 aromatic rings. The van der Waals surface area contributed by atoms with Gasteiger partial charge in [-0.2, -0.15) is 4.68 Å². The number of hydrogen-bond donors (Lipinski definition) is 0. The van der Waals surface area contributed by atoms with Crippen molar-refractivity contribution in [3.63, 3.8) is 0 Å². The largest absolute Gasteiger partial charge is 0.351 e. The van der Waals surface area contributed by atoms with Crippen LogP contribution in [0.3, 0.4) is 0 Å². The number of hydrogen-bond acceptors (Lipinski definition) is 7. The van der Waals surface area contributed by atoms with Crippen LogP contribution >= 0.6 is 11.3 Å². The summed E-state index contributed by atoms with van der Waals surface area (Å²) < 4.78 is 1.72. The molecule has 9 heteroatoms. The molecule has 1 aliphatic rings. The van der Waals surface area contributed by atoms with Crippen molar-refractivity contribution in [2.24, 2.45) is 0 Å². The smallest absolute Gasteiger partial charge is 0.264 e. The Balaban J connectivity index is 1.39. The van der Waals surface area contributed by atoms with E-state index in [0.717, 1.165) is 16.4 Å². The molecule has 1 fully saturated rings. The maximum absolute atomic E-state index is 12.5.